The van der Waals surface area contributed by atoms with E-state index in [-0.39, 0.29) is 5.56 Å². The Kier molecular flexibility index (Phi) is 2.76. The molecule has 0 aliphatic heterocycles. The van der Waals surface area contributed by atoms with Crippen LogP contribution in [0.1, 0.15) is 27.2 Å². The molecular weight excluding hydrogens is 270 g/mol. The number of carboxylic acids is 1. The van der Waals surface area contributed by atoms with Gasteiger partial charge < -0.3 is 5.11 Å². The SMILES string of the molecule is Cc1cc2nc(C)c3ncc(C(=O)O)c(=O)n3c2cc1C. The van der Waals surface area contributed by atoms with E-state index in [0.29, 0.717) is 22.4 Å². The van der Waals surface area contributed by atoms with Crippen molar-refractivity contribution in [1.82, 2.24) is 14.4 Å². The Balaban J connectivity index is 2.63. The number of aryl methyl sites for hydroxylation is 3. The first-order valence-electron chi connectivity index (χ1n) is 6.43. The van der Waals surface area contributed by atoms with Crippen LogP contribution in [-0.2, 0) is 0 Å². The van der Waals surface area contributed by atoms with Gasteiger partial charge in [-0.25, -0.2) is 14.8 Å². The van der Waals surface area contributed by atoms with Gasteiger partial charge in [-0.15, -0.1) is 0 Å². The molecule has 0 saturated heterocycles. The summed E-state index contributed by atoms with van der Waals surface area (Å²) in [6, 6.07) is 3.72. The largest absolute Gasteiger partial charge is 0.477 e. The summed E-state index contributed by atoms with van der Waals surface area (Å²) in [5.41, 5.74) is 3.30. The maximum Gasteiger partial charge on any atom is 0.342 e. The quantitative estimate of drug-likeness (QED) is 0.689. The monoisotopic (exact) mass is 283 g/mol. The lowest BCUT2D eigenvalue weighted by Crippen LogP contribution is -2.24. The minimum Gasteiger partial charge on any atom is -0.477 e. The van der Waals surface area contributed by atoms with Gasteiger partial charge >= 0.3 is 5.97 Å². The number of benzene rings is 1. The molecule has 0 unspecified atom stereocenters. The van der Waals surface area contributed by atoms with Gasteiger partial charge in [0, 0.05) is 6.20 Å². The summed E-state index contributed by atoms with van der Waals surface area (Å²) in [6.45, 7) is 5.64. The topological polar surface area (TPSA) is 84.6 Å². The molecule has 2 aromatic heterocycles. The lowest BCUT2D eigenvalue weighted by molar-refractivity contribution is 0.0694. The van der Waals surface area contributed by atoms with Gasteiger partial charge in [0.05, 0.1) is 16.7 Å². The first-order chi connectivity index (χ1) is 9.90. The molecule has 0 aliphatic carbocycles. The highest BCUT2D eigenvalue weighted by molar-refractivity contribution is 5.88. The van der Waals surface area contributed by atoms with Gasteiger partial charge in [-0.05, 0) is 44.0 Å². The number of hydrogen-bond acceptors (Lipinski definition) is 4. The Morgan fingerprint density at radius 3 is 2.52 bits per heavy atom. The molecule has 3 rings (SSSR count). The first-order valence-corrected chi connectivity index (χ1v) is 6.43. The van der Waals surface area contributed by atoms with Crippen molar-refractivity contribution in [3.8, 4) is 0 Å². The van der Waals surface area contributed by atoms with Crippen molar-refractivity contribution in [2.45, 2.75) is 20.8 Å². The van der Waals surface area contributed by atoms with Gasteiger partial charge in [0.1, 0.15) is 5.56 Å². The van der Waals surface area contributed by atoms with E-state index in [1.54, 1.807) is 6.92 Å². The van der Waals surface area contributed by atoms with Crippen LogP contribution < -0.4 is 5.56 Å². The molecule has 6 nitrogen and oxygen atoms in total. The van der Waals surface area contributed by atoms with Crippen LogP contribution in [0.3, 0.4) is 0 Å². The van der Waals surface area contributed by atoms with Gasteiger partial charge in [-0.2, -0.15) is 0 Å². The fraction of sp³-hybridized carbons (Fsp3) is 0.200. The van der Waals surface area contributed by atoms with Crippen LogP contribution in [0.15, 0.2) is 23.1 Å². The molecule has 0 spiro atoms. The van der Waals surface area contributed by atoms with E-state index in [1.165, 1.54) is 4.40 Å². The summed E-state index contributed by atoms with van der Waals surface area (Å²) in [5, 5.41) is 9.10. The smallest absolute Gasteiger partial charge is 0.342 e. The van der Waals surface area contributed by atoms with Gasteiger partial charge in [0.2, 0.25) is 0 Å². The lowest BCUT2D eigenvalue weighted by atomic mass is 10.1. The van der Waals surface area contributed by atoms with Crippen LogP contribution in [-0.4, -0.2) is 25.4 Å². The second-order valence-electron chi connectivity index (χ2n) is 5.06. The fourth-order valence-corrected chi connectivity index (χ4v) is 2.37. The molecule has 0 bridgehead atoms. The van der Waals surface area contributed by atoms with Gasteiger partial charge in [0.25, 0.3) is 5.56 Å². The summed E-state index contributed by atoms with van der Waals surface area (Å²) in [5.74, 6) is -1.28. The van der Waals surface area contributed by atoms with E-state index in [2.05, 4.69) is 9.97 Å². The van der Waals surface area contributed by atoms with Gasteiger partial charge in [0.15, 0.2) is 5.65 Å². The maximum atomic E-state index is 12.4. The molecule has 0 fully saturated rings. The lowest BCUT2D eigenvalue weighted by Gasteiger charge is -2.10. The van der Waals surface area contributed by atoms with Crippen LogP contribution in [0.25, 0.3) is 16.7 Å². The van der Waals surface area contributed by atoms with E-state index in [9.17, 15) is 9.59 Å². The molecule has 21 heavy (non-hydrogen) atoms. The number of carboxylic acid groups (broad SMARTS) is 1. The van der Waals surface area contributed by atoms with Gasteiger partial charge in [-0.1, -0.05) is 0 Å². The molecule has 2 heterocycles. The highest BCUT2D eigenvalue weighted by Gasteiger charge is 2.16. The van der Waals surface area contributed by atoms with E-state index >= 15 is 0 Å². The summed E-state index contributed by atoms with van der Waals surface area (Å²) >= 11 is 0. The van der Waals surface area contributed by atoms with E-state index in [0.717, 1.165) is 17.3 Å². The van der Waals surface area contributed by atoms with Crippen LogP contribution in [0.2, 0.25) is 0 Å². The molecule has 0 saturated carbocycles. The summed E-state index contributed by atoms with van der Waals surface area (Å²) in [7, 11) is 0. The predicted octanol–water partition coefficient (Wildman–Crippen LogP) is 1.87. The maximum absolute atomic E-state index is 12.4. The highest BCUT2D eigenvalue weighted by atomic mass is 16.4. The zero-order valence-electron chi connectivity index (χ0n) is 11.8. The van der Waals surface area contributed by atoms with Crippen LogP contribution in [0, 0.1) is 20.8 Å². The first kappa shape index (κ1) is 13.2. The number of rotatable bonds is 1. The zero-order valence-corrected chi connectivity index (χ0v) is 11.8. The molecule has 6 heteroatoms. The van der Waals surface area contributed by atoms with Gasteiger partial charge in [-0.3, -0.25) is 9.20 Å². The summed E-state index contributed by atoms with van der Waals surface area (Å²) < 4.78 is 1.33. The Morgan fingerprint density at radius 1 is 1.19 bits per heavy atom. The Morgan fingerprint density at radius 2 is 1.86 bits per heavy atom. The Bertz CT molecular complexity index is 973. The average Bonchev–Trinajstić information content (AvgIpc) is 2.41. The number of aromatic carboxylic acids is 1. The molecule has 1 aromatic carbocycles. The second kappa shape index (κ2) is 4.37. The Labute approximate surface area is 119 Å². The number of aromatic nitrogens is 3. The van der Waals surface area contributed by atoms with E-state index < -0.39 is 11.5 Å². The van der Waals surface area contributed by atoms with Crippen molar-refractivity contribution in [1.29, 1.82) is 0 Å². The average molecular weight is 283 g/mol. The molecule has 0 atom stereocenters. The van der Waals surface area contributed by atoms with Crippen molar-refractivity contribution in [3.63, 3.8) is 0 Å². The fourth-order valence-electron chi connectivity index (χ4n) is 2.37. The van der Waals surface area contributed by atoms with Crippen molar-refractivity contribution in [2.75, 3.05) is 0 Å². The molecule has 0 amide bonds. The van der Waals surface area contributed by atoms with Crippen LogP contribution in [0.5, 0.6) is 0 Å². The molecule has 106 valence electrons. The third kappa shape index (κ3) is 1.87. The molecule has 1 N–H and O–H groups in total. The minimum absolute atomic E-state index is 0.349. The van der Waals surface area contributed by atoms with Crippen LogP contribution in [0.4, 0.5) is 0 Å². The normalized spacial score (nSPS) is 11.2. The number of carbonyl (C=O) groups is 1. The van der Waals surface area contributed by atoms with Crippen molar-refractivity contribution in [3.05, 3.63) is 51.1 Å². The van der Waals surface area contributed by atoms with Crippen molar-refractivity contribution >= 4 is 22.6 Å². The predicted molar refractivity (Wildman–Crippen MR) is 77.9 cm³/mol. The van der Waals surface area contributed by atoms with E-state index in [1.807, 2.05) is 26.0 Å². The van der Waals surface area contributed by atoms with E-state index in [4.69, 9.17) is 5.11 Å². The molecule has 0 aliphatic rings. The second-order valence-corrected chi connectivity index (χ2v) is 5.06. The third-order valence-corrected chi connectivity index (χ3v) is 3.64. The highest BCUT2D eigenvalue weighted by Crippen LogP contribution is 2.19. The number of fused-ring (bicyclic) bond motifs is 3. The minimum atomic E-state index is -1.28. The zero-order chi connectivity index (χ0) is 15.3. The number of hydrogen-bond donors (Lipinski definition) is 1. The summed E-state index contributed by atoms with van der Waals surface area (Å²) in [4.78, 5) is 32.1. The standard InChI is InChI=1S/C15H13N3O3/c1-7-4-11-12(5-8(7)2)18-13(9(3)17-11)16-6-10(14(18)19)15(20)21/h4-6H,1-3H3,(H,20,21). The van der Waals surface area contributed by atoms with Crippen molar-refractivity contribution in [2.24, 2.45) is 0 Å². The van der Waals surface area contributed by atoms with Crippen LogP contribution >= 0.6 is 0 Å². The molecule has 3 aromatic rings. The third-order valence-electron chi connectivity index (χ3n) is 3.64. The van der Waals surface area contributed by atoms with Crippen molar-refractivity contribution < 1.29 is 9.90 Å². The molecule has 0 radical (unpaired) electrons. The summed E-state index contributed by atoms with van der Waals surface area (Å²) in [6.07, 6.45) is 1.08. The Hall–Kier alpha value is -2.76. The molecular formula is C15H13N3O3. The number of nitrogens with zero attached hydrogens (tertiary/aromatic N) is 3.